The predicted octanol–water partition coefficient (Wildman–Crippen LogP) is 14.2. The van der Waals surface area contributed by atoms with Crippen molar-refractivity contribution >= 4 is 5.69 Å². The van der Waals surface area contributed by atoms with Crippen LogP contribution < -0.4 is 4.90 Å². The second kappa shape index (κ2) is 300. The lowest BCUT2D eigenvalue weighted by atomic mass is 10.2. The van der Waals surface area contributed by atoms with E-state index >= 15 is 0 Å². The van der Waals surface area contributed by atoms with Crippen LogP contribution in [0.1, 0.15) is 54.0 Å². The van der Waals surface area contributed by atoms with Crippen LogP contribution in [0.5, 0.6) is 0 Å². The summed E-state index contributed by atoms with van der Waals surface area (Å²) >= 11 is 0. The largest absolute Gasteiger partial charge is 0.397 e. The summed E-state index contributed by atoms with van der Waals surface area (Å²) in [6, 6.07) is 8.60. The Morgan fingerprint density at radius 2 is 0.714 bits per heavy atom. The summed E-state index contributed by atoms with van der Waals surface area (Å²) < 4.78 is 176. The average molecular weight is 707 g/mol. The van der Waals surface area contributed by atoms with Gasteiger partial charge in [-0.05, 0) is 25.0 Å². The van der Waals surface area contributed by atoms with Gasteiger partial charge in [0.25, 0.3) is 0 Å². The predicted molar refractivity (Wildman–Crippen MR) is 117 cm³/mol. The maximum absolute atomic E-state index is 8.00. The number of rotatable bonds is 0. The van der Waals surface area contributed by atoms with Gasteiger partial charge in [0.15, 0.2) is 0 Å². The first-order chi connectivity index (χ1) is 20.3. The normalized spacial score (nSPS) is 6.12. The number of halogens is 23. The highest BCUT2D eigenvalue weighted by atomic mass is 20.0. The highest BCUT2D eigenvalue weighted by Crippen LogP contribution is 2.25. The lowest BCUT2D eigenvalue weighted by Gasteiger charge is -2.10. The third kappa shape index (κ3) is 164. The minimum atomic E-state index is 0. The number of aliphatic hydroxyl groups is 1. The third-order valence-corrected chi connectivity index (χ3v) is 2.12. The molecule has 0 radical (unpaired) electrons. The second-order valence-electron chi connectivity index (χ2n) is 3.12. The molecular weight excluding hydrogens is 671 g/mol. The lowest BCUT2D eigenvalue weighted by Crippen LogP contribution is -2.12. The van der Waals surface area contributed by atoms with Crippen molar-refractivity contribution in [1.29, 1.82) is 0 Å². The van der Waals surface area contributed by atoms with Crippen molar-refractivity contribution in [2.45, 2.75) is 54.9 Å². The van der Waals surface area contributed by atoms with E-state index in [1.54, 1.807) is 6.92 Å². The summed E-state index contributed by atoms with van der Waals surface area (Å²) in [6.45, 7) is 15.1. The van der Waals surface area contributed by atoms with Crippen LogP contribution >= 0.6 is 0 Å². The van der Waals surface area contributed by atoms with E-state index in [0.29, 0.717) is 0 Å². The second-order valence-corrected chi connectivity index (χ2v) is 3.12. The number of fused-ring (bicyclic) bond motifs is 1. The molecular formula is C17H36F23NO. The number of aliphatic hydroxyl groups excluding tert-OH is 1. The molecule has 276 valence electrons. The first kappa shape index (κ1) is 97.6. The van der Waals surface area contributed by atoms with Gasteiger partial charge in [-0.3, -0.25) is 4.70 Å². The number of para-hydroxylation sites is 1. The molecule has 0 spiro atoms. The molecule has 0 bridgehead atoms. The van der Waals surface area contributed by atoms with Gasteiger partial charge in [-0.15, -0.1) is 0 Å². The van der Waals surface area contributed by atoms with Crippen LogP contribution in [-0.2, 0) is 6.42 Å². The van der Waals surface area contributed by atoms with Crippen LogP contribution in [0.25, 0.3) is 0 Å². The highest BCUT2D eigenvalue weighted by molar-refractivity contribution is 5.56. The molecule has 1 N–H and O–H groups in total. The standard InChI is InChI=1S/C9H11N.C2H6O.3C2H6.11F2.FH/c1-10-7-6-8-4-2-3-5-9(8)10;1-2-3;14*1-2;/h2-5H,6-7H2,1H3;3H,2H2,1H3;3*1-2H3;;;;;;;;;;;;1H. The van der Waals surface area contributed by atoms with Crippen LogP contribution in [0, 0.1) is 0 Å². The molecule has 0 amide bonds. The van der Waals surface area contributed by atoms with E-state index in [2.05, 4.69) is 36.2 Å². The molecule has 25 heteroatoms. The molecule has 0 aliphatic carbocycles. The molecule has 0 atom stereocenters. The van der Waals surface area contributed by atoms with Gasteiger partial charge in [-0.2, -0.15) is 0 Å². The van der Waals surface area contributed by atoms with Gasteiger partial charge in [0, 0.05) is 127 Å². The molecule has 1 aliphatic rings. The zero-order valence-corrected chi connectivity index (χ0v) is 23.0. The fourth-order valence-corrected chi connectivity index (χ4v) is 1.50. The fourth-order valence-electron chi connectivity index (χ4n) is 1.50. The van der Waals surface area contributed by atoms with Gasteiger partial charge < -0.3 is 10.0 Å². The first-order valence-corrected chi connectivity index (χ1v) is 9.26. The number of likely N-dealkylation sites (N-methyl/N-ethyl adjacent to an activating group) is 1. The molecule has 1 heterocycles. The highest BCUT2D eigenvalue weighted by Gasteiger charge is 2.12. The van der Waals surface area contributed by atoms with Crippen LogP contribution in [-0.4, -0.2) is 25.3 Å². The lowest BCUT2D eigenvalue weighted by molar-refractivity contribution is 0.108. The average Bonchev–Trinajstić information content (AvgIpc) is 3.54. The minimum absolute atomic E-state index is 0. The van der Waals surface area contributed by atoms with Crippen molar-refractivity contribution in [3.63, 3.8) is 0 Å². The van der Waals surface area contributed by atoms with Crippen LogP contribution in [0.2, 0.25) is 0 Å². The Morgan fingerprint density at radius 3 is 0.905 bits per heavy atom. The maximum Gasteiger partial charge on any atom is 0.0402 e. The quantitative estimate of drug-likeness (QED) is 0.272. The van der Waals surface area contributed by atoms with Gasteiger partial charge in [0.05, 0.1) is 0 Å². The van der Waals surface area contributed by atoms with Crippen LogP contribution in [0.15, 0.2) is 24.3 Å². The minimum Gasteiger partial charge on any atom is -0.397 e. The van der Waals surface area contributed by atoms with E-state index in [1.165, 1.54) is 24.2 Å². The molecule has 1 aliphatic heterocycles. The molecule has 0 saturated carbocycles. The third-order valence-electron chi connectivity index (χ3n) is 2.12. The number of anilines is 1. The summed E-state index contributed by atoms with van der Waals surface area (Å²) in [7, 11) is 2.14. The summed E-state index contributed by atoms with van der Waals surface area (Å²) in [4.78, 5) is 2.30. The summed E-state index contributed by atoms with van der Waals surface area (Å²) in [5, 5.41) is 7.57. The number of nitrogens with zero attached hydrogens (tertiary/aromatic N) is 1. The Kier molecular flexibility index (Phi) is 697. The van der Waals surface area contributed by atoms with Crippen molar-refractivity contribution in [3.8, 4) is 0 Å². The number of hydrogen-bond acceptors (Lipinski definition) is 2. The summed E-state index contributed by atoms with van der Waals surface area (Å²) in [6.07, 6.45) is 1.21. The van der Waals surface area contributed by atoms with Gasteiger partial charge >= 0.3 is 0 Å². The van der Waals surface area contributed by atoms with Crippen molar-refractivity contribution < 1.29 is 110 Å². The van der Waals surface area contributed by atoms with E-state index in [9.17, 15) is 0 Å². The Bertz CT molecular complexity index is 303. The van der Waals surface area contributed by atoms with E-state index in [1.807, 2.05) is 41.5 Å². The van der Waals surface area contributed by atoms with E-state index < -0.39 is 0 Å². The monoisotopic (exact) mass is 707 g/mol. The zero-order chi connectivity index (χ0) is 37.7. The van der Waals surface area contributed by atoms with Crippen LogP contribution in [0.4, 0.5) is 111 Å². The van der Waals surface area contributed by atoms with Gasteiger partial charge in [-0.1, -0.05) is 59.7 Å². The molecule has 2 nitrogen and oxygen atoms in total. The van der Waals surface area contributed by atoms with E-state index in [0.717, 1.165) is 0 Å². The number of benzene rings is 1. The zero-order valence-electron chi connectivity index (χ0n) is 23.0. The fraction of sp³-hybridized carbons (Fsp3) is 0.647. The molecule has 2 rings (SSSR count). The Balaban J connectivity index is -0.0000000155. The molecule has 42 heavy (non-hydrogen) atoms. The molecule has 0 saturated heterocycles. The van der Waals surface area contributed by atoms with Gasteiger partial charge in [0.1, 0.15) is 0 Å². The summed E-state index contributed by atoms with van der Waals surface area (Å²) in [5.41, 5.74) is 2.90. The number of hydrogen-bond donors (Lipinski definition) is 1. The molecule has 0 unspecified atom stereocenters. The molecule has 1 aromatic carbocycles. The molecule has 0 aromatic heterocycles. The first-order valence-electron chi connectivity index (χ1n) is 9.26. The maximum atomic E-state index is 8.00. The Morgan fingerprint density at radius 1 is 0.524 bits per heavy atom. The van der Waals surface area contributed by atoms with E-state index in [-0.39, 0.29) is 11.3 Å². The Hall–Kier alpha value is -2.63. The molecule has 0 fully saturated rings. The van der Waals surface area contributed by atoms with Gasteiger partial charge in [-0.25, -0.2) is 0 Å². The molecule has 1 aromatic rings. The topological polar surface area (TPSA) is 23.5 Å². The Labute approximate surface area is 227 Å². The van der Waals surface area contributed by atoms with E-state index in [4.69, 9.17) is 106 Å². The van der Waals surface area contributed by atoms with Gasteiger partial charge in [0.2, 0.25) is 0 Å². The van der Waals surface area contributed by atoms with Crippen molar-refractivity contribution in [1.82, 2.24) is 0 Å². The SMILES string of the molecule is CC.CC.CC.CCO.CN1CCc2ccccc21.F.FF.FF.FF.FF.FF.FF.FF.FF.FF.FF.FF. The van der Waals surface area contributed by atoms with Crippen molar-refractivity contribution in [2.24, 2.45) is 0 Å². The van der Waals surface area contributed by atoms with Crippen molar-refractivity contribution in [2.75, 3.05) is 25.1 Å². The van der Waals surface area contributed by atoms with Crippen molar-refractivity contribution in [3.05, 3.63) is 29.8 Å². The smallest absolute Gasteiger partial charge is 0.0402 e. The van der Waals surface area contributed by atoms with Crippen LogP contribution in [0.3, 0.4) is 0 Å². The summed E-state index contributed by atoms with van der Waals surface area (Å²) in [5.74, 6) is 0.